The fourth-order valence-corrected chi connectivity index (χ4v) is 0.824. The minimum absolute atomic E-state index is 0.326. The van der Waals surface area contributed by atoms with Crippen LogP contribution in [0.1, 0.15) is 5.56 Å². The zero-order valence-corrected chi connectivity index (χ0v) is 6.41. The van der Waals surface area contributed by atoms with Gasteiger partial charge in [-0.15, -0.1) is 0 Å². The molecule has 0 fully saturated rings. The zero-order valence-electron chi connectivity index (χ0n) is 6.41. The van der Waals surface area contributed by atoms with Gasteiger partial charge in [-0.1, -0.05) is 0 Å². The molecule has 0 aliphatic heterocycles. The topological polar surface area (TPSA) is 81.4 Å². The van der Waals surface area contributed by atoms with Crippen LogP contribution in [0.15, 0.2) is 18.2 Å². The second kappa shape index (κ2) is 3.22. The number of halogens is 1. The number of carboxylic acid groups (broad SMARTS) is 1. The molecule has 0 unspecified atom stereocenters. The average Bonchev–Trinajstić information content (AvgIpc) is 2.08. The zero-order chi connectivity index (χ0) is 10.0. The lowest BCUT2D eigenvalue weighted by molar-refractivity contribution is -0.129. The number of rotatable bonds is 2. The lowest BCUT2D eigenvalue weighted by atomic mass is 10.1. The maximum Gasteiger partial charge on any atom is 0.354 e. The number of nitrogens with one attached hydrogen (secondary N) is 1. The van der Waals surface area contributed by atoms with Crippen LogP contribution in [0.5, 0.6) is 5.75 Å². The second-order valence-corrected chi connectivity index (χ2v) is 2.34. The fourth-order valence-electron chi connectivity index (χ4n) is 0.824. The Bertz CT molecular complexity index is 376. The highest BCUT2D eigenvalue weighted by molar-refractivity contribution is 6.41. The van der Waals surface area contributed by atoms with Gasteiger partial charge < -0.3 is 10.2 Å². The third kappa shape index (κ3) is 1.81. The molecule has 0 aliphatic carbocycles. The molecule has 0 amide bonds. The molecule has 0 saturated carbocycles. The quantitative estimate of drug-likeness (QED) is 0.598. The van der Waals surface area contributed by atoms with E-state index >= 15 is 0 Å². The summed E-state index contributed by atoms with van der Waals surface area (Å²) in [6.07, 6.45) is 0. The first-order valence-corrected chi connectivity index (χ1v) is 3.33. The van der Waals surface area contributed by atoms with Crippen molar-refractivity contribution >= 4 is 11.7 Å². The van der Waals surface area contributed by atoms with Crippen molar-refractivity contribution in [3.8, 4) is 5.75 Å². The molecule has 0 atom stereocenters. The summed E-state index contributed by atoms with van der Waals surface area (Å²) in [4.78, 5) is 10.3. The lowest BCUT2D eigenvalue weighted by Crippen LogP contribution is -2.13. The molecule has 0 heterocycles. The lowest BCUT2D eigenvalue weighted by Gasteiger charge is -2.01. The van der Waals surface area contributed by atoms with Crippen molar-refractivity contribution in [1.82, 2.24) is 0 Å². The molecule has 0 bridgehead atoms. The first-order valence-electron chi connectivity index (χ1n) is 3.33. The van der Waals surface area contributed by atoms with Gasteiger partial charge >= 0.3 is 5.97 Å². The largest absolute Gasteiger partial charge is 0.507 e. The summed E-state index contributed by atoms with van der Waals surface area (Å²) in [7, 11) is 0. The Balaban J connectivity index is 3.21. The molecule has 68 valence electrons. The van der Waals surface area contributed by atoms with Crippen LogP contribution in [-0.2, 0) is 4.79 Å². The SMILES string of the molecule is N=C(C(=O)O)c1cc(F)ccc1O. The highest BCUT2D eigenvalue weighted by Gasteiger charge is 2.14. The Hall–Kier alpha value is -1.91. The van der Waals surface area contributed by atoms with Crippen molar-refractivity contribution in [3.63, 3.8) is 0 Å². The van der Waals surface area contributed by atoms with Crippen LogP contribution in [0.3, 0.4) is 0 Å². The first kappa shape index (κ1) is 9.18. The van der Waals surface area contributed by atoms with Gasteiger partial charge in [-0.05, 0) is 18.2 Å². The summed E-state index contributed by atoms with van der Waals surface area (Å²) in [6.45, 7) is 0. The van der Waals surface area contributed by atoms with Gasteiger partial charge in [0, 0.05) is 0 Å². The molecule has 13 heavy (non-hydrogen) atoms. The Morgan fingerprint density at radius 2 is 2.08 bits per heavy atom. The Kier molecular flexibility index (Phi) is 2.27. The van der Waals surface area contributed by atoms with Gasteiger partial charge in [-0.3, -0.25) is 5.41 Å². The van der Waals surface area contributed by atoms with Gasteiger partial charge in [-0.2, -0.15) is 0 Å². The van der Waals surface area contributed by atoms with Gasteiger partial charge in [-0.25, -0.2) is 9.18 Å². The normalized spacial score (nSPS) is 9.62. The van der Waals surface area contributed by atoms with Crippen molar-refractivity contribution in [2.75, 3.05) is 0 Å². The van der Waals surface area contributed by atoms with E-state index in [9.17, 15) is 9.18 Å². The van der Waals surface area contributed by atoms with Crippen molar-refractivity contribution < 1.29 is 19.4 Å². The number of hydrogen-bond acceptors (Lipinski definition) is 3. The van der Waals surface area contributed by atoms with E-state index in [1.165, 1.54) is 0 Å². The van der Waals surface area contributed by atoms with Crippen LogP contribution in [0.4, 0.5) is 4.39 Å². The molecular weight excluding hydrogens is 177 g/mol. The number of phenols is 1. The molecule has 1 aromatic carbocycles. The van der Waals surface area contributed by atoms with E-state index in [2.05, 4.69) is 0 Å². The Labute approximate surface area is 72.8 Å². The van der Waals surface area contributed by atoms with Crippen molar-refractivity contribution in [1.29, 1.82) is 5.41 Å². The molecule has 0 spiro atoms. The van der Waals surface area contributed by atoms with Crippen molar-refractivity contribution in [3.05, 3.63) is 29.6 Å². The molecule has 1 rings (SSSR count). The number of benzene rings is 1. The number of hydrogen-bond donors (Lipinski definition) is 3. The van der Waals surface area contributed by atoms with E-state index in [1.807, 2.05) is 0 Å². The monoisotopic (exact) mass is 183 g/mol. The third-order valence-corrected chi connectivity index (χ3v) is 1.44. The van der Waals surface area contributed by atoms with E-state index in [1.54, 1.807) is 0 Å². The maximum absolute atomic E-state index is 12.6. The Morgan fingerprint density at radius 3 is 2.62 bits per heavy atom. The van der Waals surface area contributed by atoms with Crippen LogP contribution in [0.2, 0.25) is 0 Å². The third-order valence-electron chi connectivity index (χ3n) is 1.44. The van der Waals surface area contributed by atoms with Gasteiger partial charge in [0.25, 0.3) is 0 Å². The van der Waals surface area contributed by atoms with E-state index in [4.69, 9.17) is 15.6 Å². The number of phenolic OH excluding ortho intramolecular Hbond substituents is 1. The summed E-state index contributed by atoms with van der Waals surface area (Å²) in [5.74, 6) is -2.63. The van der Waals surface area contributed by atoms with Gasteiger partial charge in [0.15, 0.2) is 5.71 Å². The highest BCUT2D eigenvalue weighted by atomic mass is 19.1. The minimum Gasteiger partial charge on any atom is -0.507 e. The molecular formula is C8H6FNO3. The van der Waals surface area contributed by atoms with Crippen LogP contribution in [0, 0.1) is 11.2 Å². The van der Waals surface area contributed by atoms with E-state index in [0.29, 0.717) is 0 Å². The average molecular weight is 183 g/mol. The van der Waals surface area contributed by atoms with Crippen LogP contribution >= 0.6 is 0 Å². The predicted molar refractivity (Wildman–Crippen MR) is 42.5 cm³/mol. The molecule has 1 aromatic rings. The number of aliphatic carboxylic acids is 1. The first-order chi connectivity index (χ1) is 6.02. The van der Waals surface area contributed by atoms with E-state index < -0.39 is 23.2 Å². The number of aromatic hydroxyl groups is 1. The molecule has 3 N–H and O–H groups in total. The van der Waals surface area contributed by atoms with Gasteiger partial charge in [0.2, 0.25) is 0 Å². The highest BCUT2D eigenvalue weighted by Crippen LogP contribution is 2.18. The molecule has 0 aromatic heterocycles. The second-order valence-electron chi connectivity index (χ2n) is 2.34. The Morgan fingerprint density at radius 1 is 1.46 bits per heavy atom. The summed E-state index contributed by atoms with van der Waals surface area (Å²) >= 11 is 0. The van der Waals surface area contributed by atoms with Crippen LogP contribution in [0.25, 0.3) is 0 Å². The summed E-state index contributed by atoms with van der Waals surface area (Å²) in [5.41, 5.74) is -1.16. The number of carbonyl (C=O) groups is 1. The number of carboxylic acids is 1. The summed E-state index contributed by atoms with van der Waals surface area (Å²) in [5, 5.41) is 24.5. The van der Waals surface area contributed by atoms with E-state index in [0.717, 1.165) is 18.2 Å². The summed E-state index contributed by atoms with van der Waals surface area (Å²) < 4.78 is 12.6. The maximum atomic E-state index is 12.6. The molecule has 0 radical (unpaired) electrons. The van der Waals surface area contributed by atoms with Crippen LogP contribution in [-0.4, -0.2) is 21.9 Å². The fraction of sp³-hybridized carbons (Fsp3) is 0. The van der Waals surface area contributed by atoms with Gasteiger partial charge in [0.05, 0.1) is 5.56 Å². The minimum atomic E-state index is -1.51. The predicted octanol–water partition coefficient (Wildman–Crippen LogP) is 0.984. The summed E-state index contributed by atoms with van der Waals surface area (Å²) in [6, 6.07) is 2.78. The van der Waals surface area contributed by atoms with Crippen LogP contribution < -0.4 is 0 Å². The van der Waals surface area contributed by atoms with E-state index in [-0.39, 0.29) is 5.56 Å². The van der Waals surface area contributed by atoms with Crippen molar-refractivity contribution in [2.45, 2.75) is 0 Å². The standard InChI is InChI=1S/C8H6FNO3/c9-4-1-2-6(11)5(3-4)7(10)8(12)13/h1-3,10-11H,(H,12,13). The van der Waals surface area contributed by atoms with Gasteiger partial charge in [0.1, 0.15) is 11.6 Å². The molecule has 5 heteroatoms. The van der Waals surface area contributed by atoms with Crippen molar-refractivity contribution in [2.24, 2.45) is 0 Å². The molecule has 0 aliphatic rings. The smallest absolute Gasteiger partial charge is 0.354 e. The molecule has 4 nitrogen and oxygen atoms in total. The molecule has 0 saturated heterocycles.